The number of rotatable bonds is 6. The number of nitrogens with zero attached hydrogens (tertiary/aromatic N) is 2. The third-order valence-electron chi connectivity index (χ3n) is 5.76. The molecule has 32 heavy (non-hydrogen) atoms. The number of hydrogen-bond acceptors (Lipinski definition) is 5. The highest BCUT2D eigenvalue weighted by Gasteiger charge is 2.23. The topological polar surface area (TPSA) is 96.4 Å². The predicted octanol–water partition coefficient (Wildman–Crippen LogP) is 2.17. The average molecular weight is 457 g/mol. The van der Waals surface area contributed by atoms with Crippen molar-refractivity contribution in [3.63, 3.8) is 0 Å². The van der Waals surface area contributed by atoms with E-state index < -0.39 is 5.69 Å². The molecule has 1 aromatic heterocycles. The van der Waals surface area contributed by atoms with Crippen molar-refractivity contribution in [3.05, 3.63) is 79.5 Å². The quantitative estimate of drug-likeness (QED) is 0.592. The van der Waals surface area contributed by atoms with Crippen LogP contribution in [-0.2, 0) is 11.3 Å². The summed E-state index contributed by atoms with van der Waals surface area (Å²) >= 11 is 6.05. The maximum Gasteiger partial charge on any atom is 0.328 e. The average Bonchev–Trinajstić information content (AvgIpc) is 2.81. The summed E-state index contributed by atoms with van der Waals surface area (Å²) in [5.41, 5.74) is 0.920. The van der Waals surface area contributed by atoms with E-state index in [0.717, 1.165) is 23.2 Å². The summed E-state index contributed by atoms with van der Waals surface area (Å²) in [5.74, 6) is -0.278. The lowest BCUT2D eigenvalue weighted by atomic mass is 10.0. The smallest absolute Gasteiger partial charge is 0.328 e. The zero-order valence-electron chi connectivity index (χ0n) is 17.8. The minimum absolute atomic E-state index is 0.0304. The number of fused-ring (bicyclic) bond motifs is 1. The molecule has 0 aliphatic carbocycles. The van der Waals surface area contributed by atoms with Gasteiger partial charge in [0.2, 0.25) is 0 Å². The lowest BCUT2D eigenvalue weighted by Gasteiger charge is -2.35. The Morgan fingerprint density at radius 3 is 2.56 bits per heavy atom. The molecule has 4 rings (SSSR count). The molecule has 1 amide bonds. The van der Waals surface area contributed by atoms with Crippen LogP contribution < -0.4 is 16.6 Å². The Bertz CT molecular complexity index is 1230. The molecule has 1 saturated heterocycles. The van der Waals surface area contributed by atoms with Gasteiger partial charge in [0.25, 0.3) is 11.5 Å². The fourth-order valence-corrected chi connectivity index (χ4v) is 4.13. The van der Waals surface area contributed by atoms with E-state index >= 15 is 0 Å². The molecular weight excluding hydrogens is 432 g/mol. The van der Waals surface area contributed by atoms with Crippen molar-refractivity contribution in [1.29, 1.82) is 0 Å². The van der Waals surface area contributed by atoms with Gasteiger partial charge in [0.1, 0.15) is 0 Å². The maximum absolute atomic E-state index is 12.9. The third kappa shape index (κ3) is 4.62. The van der Waals surface area contributed by atoms with E-state index in [4.69, 9.17) is 16.3 Å². The van der Waals surface area contributed by atoms with Crippen LogP contribution in [0, 0.1) is 0 Å². The molecule has 0 saturated carbocycles. The van der Waals surface area contributed by atoms with Crippen molar-refractivity contribution in [2.24, 2.45) is 0 Å². The van der Waals surface area contributed by atoms with E-state index in [1.807, 2.05) is 24.3 Å². The monoisotopic (exact) mass is 456 g/mol. The fraction of sp³-hybridized carbons (Fsp3) is 0.348. The first-order valence-electron chi connectivity index (χ1n) is 10.6. The van der Waals surface area contributed by atoms with Gasteiger partial charge < -0.3 is 15.0 Å². The summed E-state index contributed by atoms with van der Waals surface area (Å²) in [6, 6.07) is 12.3. The van der Waals surface area contributed by atoms with Gasteiger partial charge in [0.05, 0.1) is 30.2 Å². The fourth-order valence-electron chi connectivity index (χ4n) is 4.01. The molecule has 1 atom stereocenters. The highest BCUT2D eigenvalue weighted by molar-refractivity contribution is 6.30. The number of morpholine rings is 1. The van der Waals surface area contributed by atoms with Crippen LogP contribution in [0.2, 0.25) is 5.02 Å². The molecule has 2 N–H and O–H groups in total. The molecule has 0 radical (unpaired) electrons. The molecule has 2 aromatic carbocycles. The Hall–Kier alpha value is -2.94. The SMILES string of the molecule is CCn1c(=O)[nH]c2cc(C(=O)NCC(c3ccc(Cl)cc3)N3CCOCC3)ccc2c1=O. The highest BCUT2D eigenvalue weighted by Crippen LogP contribution is 2.23. The number of carbonyl (C=O) groups excluding carboxylic acids is 1. The predicted molar refractivity (Wildman–Crippen MR) is 123 cm³/mol. The van der Waals surface area contributed by atoms with Crippen LogP contribution in [-0.4, -0.2) is 53.2 Å². The van der Waals surface area contributed by atoms with E-state index in [-0.39, 0.29) is 24.1 Å². The number of amides is 1. The molecule has 168 valence electrons. The van der Waals surface area contributed by atoms with Crippen molar-refractivity contribution in [3.8, 4) is 0 Å². The normalized spacial score (nSPS) is 15.6. The number of H-pyrrole nitrogens is 1. The van der Waals surface area contributed by atoms with E-state index in [0.29, 0.717) is 41.2 Å². The number of benzene rings is 2. The van der Waals surface area contributed by atoms with Crippen LogP contribution in [0.3, 0.4) is 0 Å². The molecule has 0 spiro atoms. The van der Waals surface area contributed by atoms with Gasteiger partial charge in [0, 0.05) is 36.8 Å². The third-order valence-corrected chi connectivity index (χ3v) is 6.01. The summed E-state index contributed by atoms with van der Waals surface area (Å²) in [7, 11) is 0. The number of ether oxygens (including phenoxy) is 1. The number of nitrogens with one attached hydrogen (secondary N) is 2. The molecule has 8 nitrogen and oxygen atoms in total. The summed E-state index contributed by atoms with van der Waals surface area (Å²) in [4.78, 5) is 42.4. The van der Waals surface area contributed by atoms with Gasteiger partial charge in [-0.1, -0.05) is 23.7 Å². The van der Waals surface area contributed by atoms with E-state index in [1.54, 1.807) is 25.1 Å². The minimum Gasteiger partial charge on any atom is -0.379 e. The summed E-state index contributed by atoms with van der Waals surface area (Å²) in [5, 5.41) is 4.03. The van der Waals surface area contributed by atoms with E-state index in [1.165, 1.54) is 0 Å². The number of carbonyl (C=O) groups is 1. The van der Waals surface area contributed by atoms with Crippen LogP contribution in [0.15, 0.2) is 52.1 Å². The molecule has 1 unspecified atom stereocenters. The van der Waals surface area contributed by atoms with Crippen LogP contribution in [0.4, 0.5) is 0 Å². The highest BCUT2D eigenvalue weighted by atomic mass is 35.5. The largest absolute Gasteiger partial charge is 0.379 e. The minimum atomic E-state index is -0.488. The number of halogens is 1. The summed E-state index contributed by atoms with van der Waals surface area (Å²) < 4.78 is 6.60. The van der Waals surface area contributed by atoms with Crippen LogP contribution in [0.5, 0.6) is 0 Å². The van der Waals surface area contributed by atoms with Crippen LogP contribution in [0.25, 0.3) is 10.9 Å². The first-order chi connectivity index (χ1) is 15.5. The van der Waals surface area contributed by atoms with E-state index in [9.17, 15) is 14.4 Å². The van der Waals surface area contributed by atoms with Crippen molar-refractivity contribution in [2.75, 3.05) is 32.8 Å². The molecular formula is C23H25ClN4O4. The van der Waals surface area contributed by atoms with E-state index in [2.05, 4.69) is 15.2 Å². The Balaban J connectivity index is 1.56. The molecule has 9 heteroatoms. The first-order valence-corrected chi connectivity index (χ1v) is 11.0. The molecule has 3 aromatic rings. The summed E-state index contributed by atoms with van der Waals surface area (Å²) in [6.45, 7) is 5.23. The first kappa shape index (κ1) is 22.3. The van der Waals surface area contributed by atoms with Crippen LogP contribution in [0.1, 0.15) is 28.9 Å². The molecule has 0 bridgehead atoms. The Labute approximate surface area is 189 Å². The van der Waals surface area contributed by atoms with Crippen molar-refractivity contribution in [2.45, 2.75) is 19.5 Å². The lowest BCUT2D eigenvalue weighted by molar-refractivity contribution is 0.0162. The zero-order valence-corrected chi connectivity index (χ0v) is 18.5. The molecule has 1 fully saturated rings. The number of aromatic nitrogens is 2. The molecule has 1 aliphatic rings. The lowest BCUT2D eigenvalue weighted by Crippen LogP contribution is -2.43. The van der Waals surface area contributed by atoms with Gasteiger partial charge in [-0.3, -0.25) is 19.1 Å². The Morgan fingerprint density at radius 1 is 1.16 bits per heavy atom. The van der Waals surface area contributed by atoms with Crippen LogP contribution >= 0.6 is 11.6 Å². The second-order valence-corrected chi connectivity index (χ2v) is 8.10. The van der Waals surface area contributed by atoms with Gasteiger partial charge in [-0.15, -0.1) is 0 Å². The maximum atomic E-state index is 12.9. The standard InChI is InChI=1S/C23H25ClN4O4/c1-2-28-22(30)18-8-5-16(13-19(18)26-23(28)31)21(29)25-14-20(27-9-11-32-12-10-27)15-3-6-17(24)7-4-15/h3-8,13,20H,2,9-12,14H2,1H3,(H,25,29)(H,26,31). The second kappa shape index (κ2) is 9.68. The van der Waals surface area contributed by atoms with Gasteiger partial charge in [-0.25, -0.2) is 4.79 Å². The number of hydrogen-bond donors (Lipinski definition) is 2. The van der Waals surface area contributed by atoms with Crippen molar-refractivity contribution < 1.29 is 9.53 Å². The van der Waals surface area contributed by atoms with Gasteiger partial charge in [-0.2, -0.15) is 0 Å². The Morgan fingerprint density at radius 2 is 1.88 bits per heavy atom. The number of aromatic amines is 1. The van der Waals surface area contributed by atoms with Crippen molar-refractivity contribution >= 4 is 28.4 Å². The van der Waals surface area contributed by atoms with Gasteiger partial charge in [-0.05, 0) is 42.8 Å². The molecule has 1 aliphatic heterocycles. The van der Waals surface area contributed by atoms with Gasteiger partial charge in [0.15, 0.2) is 0 Å². The van der Waals surface area contributed by atoms with Gasteiger partial charge >= 0.3 is 5.69 Å². The second-order valence-electron chi connectivity index (χ2n) is 7.67. The molecule has 2 heterocycles. The Kier molecular flexibility index (Phi) is 6.74. The zero-order chi connectivity index (χ0) is 22.7. The van der Waals surface area contributed by atoms with Crippen molar-refractivity contribution in [1.82, 2.24) is 19.8 Å². The summed E-state index contributed by atoms with van der Waals surface area (Å²) in [6.07, 6.45) is 0.